The van der Waals surface area contributed by atoms with Crippen LogP contribution in [0.2, 0.25) is 0 Å². The number of hydrogen-bond donors (Lipinski definition) is 1. The third-order valence-electron chi connectivity index (χ3n) is 3.51. The van der Waals surface area contributed by atoms with Gasteiger partial charge >= 0.3 is 0 Å². The molecular weight excluding hydrogens is 246 g/mol. The largest absolute Gasteiger partial charge is 0.339 e. The van der Waals surface area contributed by atoms with Gasteiger partial charge in [-0.3, -0.25) is 0 Å². The summed E-state index contributed by atoms with van der Waals surface area (Å²) in [6.07, 6.45) is 7.07. The molecule has 1 aliphatic rings. The summed E-state index contributed by atoms with van der Waals surface area (Å²) < 4.78 is 5.27. The Morgan fingerprint density at radius 3 is 2.94 bits per heavy atom. The highest BCUT2D eigenvalue weighted by Crippen LogP contribution is 2.28. The SMILES string of the molecule is CCCSCc1noc(CC(N)C2CCCC2)n1. The van der Waals surface area contributed by atoms with Crippen molar-refractivity contribution in [2.45, 2.75) is 57.2 Å². The van der Waals surface area contributed by atoms with Crippen molar-refractivity contribution < 1.29 is 4.52 Å². The van der Waals surface area contributed by atoms with E-state index in [1.165, 1.54) is 32.1 Å². The monoisotopic (exact) mass is 269 g/mol. The van der Waals surface area contributed by atoms with E-state index in [0.717, 1.165) is 23.8 Å². The molecule has 5 heteroatoms. The van der Waals surface area contributed by atoms with Gasteiger partial charge < -0.3 is 10.3 Å². The second-order valence-corrected chi connectivity index (χ2v) is 6.17. The quantitative estimate of drug-likeness (QED) is 0.771. The molecule has 1 saturated carbocycles. The number of thioether (sulfide) groups is 1. The van der Waals surface area contributed by atoms with E-state index in [0.29, 0.717) is 11.8 Å². The summed E-state index contributed by atoms with van der Waals surface area (Å²) in [5.41, 5.74) is 6.21. The van der Waals surface area contributed by atoms with Crippen LogP contribution in [0.5, 0.6) is 0 Å². The lowest BCUT2D eigenvalue weighted by atomic mass is 9.96. The van der Waals surface area contributed by atoms with Crippen LogP contribution in [0.3, 0.4) is 0 Å². The molecule has 1 atom stereocenters. The maximum absolute atomic E-state index is 6.21. The Balaban J connectivity index is 1.78. The smallest absolute Gasteiger partial charge is 0.228 e. The van der Waals surface area contributed by atoms with Crippen LogP contribution in [-0.4, -0.2) is 21.9 Å². The summed E-state index contributed by atoms with van der Waals surface area (Å²) in [6.45, 7) is 2.18. The van der Waals surface area contributed by atoms with Gasteiger partial charge in [0, 0.05) is 12.5 Å². The number of nitrogens with zero attached hydrogens (tertiary/aromatic N) is 2. The van der Waals surface area contributed by atoms with E-state index in [1.54, 1.807) is 0 Å². The number of rotatable bonds is 7. The molecule has 1 unspecified atom stereocenters. The van der Waals surface area contributed by atoms with E-state index in [1.807, 2.05) is 11.8 Å². The van der Waals surface area contributed by atoms with E-state index in [-0.39, 0.29) is 6.04 Å². The molecule has 18 heavy (non-hydrogen) atoms. The highest BCUT2D eigenvalue weighted by molar-refractivity contribution is 7.98. The molecule has 4 nitrogen and oxygen atoms in total. The maximum Gasteiger partial charge on any atom is 0.228 e. The number of nitrogens with two attached hydrogens (primary N) is 1. The predicted molar refractivity (Wildman–Crippen MR) is 74.4 cm³/mol. The van der Waals surface area contributed by atoms with Crippen molar-refractivity contribution in [3.05, 3.63) is 11.7 Å². The van der Waals surface area contributed by atoms with Gasteiger partial charge in [-0.05, 0) is 30.9 Å². The Hall–Kier alpha value is -0.550. The maximum atomic E-state index is 6.21. The minimum atomic E-state index is 0.184. The third-order valence-corrected chi connectivity index (χ3v) is 4.66. The fourth-order valence-electron chi connectivity index (χ4n) is 2.49. The Morgan fingerprint density at radius 1 is 1.44 bits per heavy atom. The van der Waals surface area contributed by atoms with E-state index >= 15 is 0 Å². The lowest BCUT2D eigenvalue weighted by Gasteiger charge is -2.16. The van der Waals surface area contributed by atoms with E-state index < -0.39 is 0 Å². The summed E-state index contributed by atoms with van der Waals surface area (Å²) in [5.74, 6) is 4.15. The fraction of sp³-hybridized carbons (Fsp3) is 0.846. The van der Waals surface area contributed by atoms with Crippen LogP contribution >= 0.6 is 11.8 Å². The highest BCUT2D eigenvalue weighted by Gasteiger charge is 2.23. The minimum absolute atomic E-state index is 0.184. The molecule has 1 fully saturated rings. The lowest BCUT2D eigenvalue weighted by Crippen LogP contribution is -2.30. The Morgan fingerprint density at radius 2 is 2.22 bits per heavy atom. The first-order valence-corrected chi connectivity index (χ1v) is 8.10. The van der Waals surface area contributed by atoms with Gasteiger partial charge in [-0.2, -0.15) is 16.7 Å². The van der Waals surface area contributed by atoms with Crippen LogP contribution < -0.4 is 5.73 Å². The second-order valence-electron chi connectivity index (χ2n) is 5.07. The zero-order valence-electron chi connectivity index (χ0n) is 11.1. The minimum Gasteiger partial charge on any atom is -0.339 e. The zero-order chi connectivity index (χ0) is 12.8. The van der Waals surface area contributed by atoms with Crippen molar-refractivity contribution in [1.82, 2.24) is 10.1 Å². The van der Waals surface area contributed by atoms with Crippen molar-refractivity contribution in [3.8, 4) is 0 Å². The molecule has 0 aromatic carbocycles. The predicted octanol–water partition coefficient (Wildman–Crippen LogP) is 2.77. The molecule has 1 heterocycles. The molecule has 2 N–H and O–H groups in total. The molecule has 0 aliphatic heterocycles. The first-order chi connectivity index (χ1) is 8.79. The van der Waals surface area contributed by atoms with Gasteiger partial charge in [-0.1, -0.05) is 24.9 Å². The average Bonchev–Trinajstić information content (AvgIpc) is 3.00. The van der Waals surface area contributed by atoms with Gasteiger partial charge in [0.05, 0.1) is 5.75 Å². The molecule has 1 aromatic heterocycles. The molecule has 2 rings (SSSR count). The Kier molecular flexibility index (Phi) is 5.50. The summed E-state index contributed by atoms with van der Waals surface area (Å²) in [4.78, 5) is 4.41. The number of hydrogen-bond acceptors (Lipinski definition) is 5. The van der Waals surface area contributed by atoms with Crippen molar-refractivity contribution in [2.75, 3.05) is 5.75 Å². The zero-order valence-corrected chi connectivity index (χ0v) is 11.9. The van der Waals surface area contributed by atoms with Crippen molar-refractivity contribution in [3.63, 3.8) is 0 Å². The summed E-state index contributed by atoms with van der Waals surface area (Å²) in [5, 5.41) is 4.01. The Labute approximate surface area is 113 Å². The van der Waals surface area contributed by atoms with Gasteiger partial charge in [0.25, 0.3) is 0 Å². The Bertz CT molecular complexity index is 350. The van der Waals surface area contributed by atoms with E-state index in [4.69, 9.17) is 10.3 Å². The van der Waals surface area contributed by atoms with Crippen LogP contribution in [0.25, 0.3) is 0 Å². The first kappa shape index (κ1) is 13.9. The van der Waals surface area contributed by atoms with Gasteiger partial charge in [0.1, 0.15) is 0 Å². The average molecular weight is 269 g/mol. The molecule has 102 valence electrons. The van der Waals surface area contributed by atoms with Gasteiger partial charge in [0.2, 0.25) is 5.89 Å². The van der Waals surface area contributed by atoms with Crippen molar-refractivity contribution >= 4 is 11.8 Å². The molecule has 0 spiro atoms. The first-order valence-electron chi connectivity index (χ1n) is 6.94. The summed E-state index contributed by atoms with van der Waals surface area (Å²) >= 11 is 1.85. The normalized spacial score (nSPS) is 18.3. The van der Waals surface area contributed by atoms with E-state index in [2.05, 4.69) is 17.1 Å². The molecule has 0 amide bonds. The molecule has 0 bridgehead atoms. The van der Waals surface area contributed by atoms with Crippen LogP contribution in [-0.2, 0) is 12.2 Å². The van der Waals surface area contributed by atoms with E-state index in [9.17, 15) is 0 Å². The second kappa shape index (κ2) is 7.14. The van der Waals surface area contributed by atoms with Crippen molar-refractivity contribution in [2.24, 2.45) is 11.7 Å². The van der Waals surface area contributed by atoms with Crippen LogP contribution in [0.15, 0.2) is 4.52 Å². The molecule has 0 saturated heterocycles. The molecule has 1 aliphatic carbocycles. The van der Waals surface area contributed by atoms with Gasteiger partial charge in [-0.25, -0.2) is 0 Å². The standard InChI is InChI=1S/C13H23N3OS/c1-2-7-18-9-12-15-13(17-16-12)8-11(14)10-5-3-4-6-10/h10-11H,2-9,14H2,1H3. The highest BCUT2D eigenvalue weighted by atomic mass is 32.2. The van der Waals surface area contributed by atoms with Crippen LogP contribution in [0.1, 0.15) is 50.7 Å². The van der Waals surface area contributed by atoms with Crippen molar-refractivity contribution in [1.29, 1.82) is 0 Å². The molecular formula is C13H23N3OS. The number of aromatic nitrogens is 2. The van der Waals surface area contributed by atoms with Gasteiger partial charge in [-0.15, -0.1) is 0 Å². The third kappa shape index (κ3) is 3.99. The summed E-state index contributed by atoms with van der Waals surface area (Å²) in [7, 11) is 0. The molecule has 0 radical (unpaired) electrons. The summed E-state index contributed by atoms with van der Waals surface area (Å²) in [6, 6.07) is 0.184. The molecule has 1 aromatic rings. The topological polar surface area (TPSA) is 64.9 Å². The lowest BCUT2D eigenvalue weighted by molar-refractivity contribution is 0.339. The fourth-order valence-corrected chi connectivity index (χ4v) is 3.23. The van der Waals surface area contributed by atoms with Crippen LogP contribution in [0.4, 0.5) is 0 Å². The van der Waals surface area contributed by atoms with Crippen LogP contribution in [0, 0.1) is 5.92 Å². The van der Waals surface area contributed by atoms with Gasteiger partial charge in [0.15, 0.2) is 5.82 Å².